The van der Waals surface area contributed by atoms with Gasteiger partial charge in [-0.2, -0.15) is 0 Å². The van der Waals surface area contributed by atoms with Crippen LogP contribution in [0.2, 0.25) is 0 Å². The van der Waals surface area contributed by atoms with Crippen LogP contribution in [-0.4, -0.2) is 56.1 Å². The van der Waals surface area contributed by atoms with E-state index >= 15 is 0 Å². The molecule has 24 heavy (non-hydrogen) atoms. The van der Waals surface area contributed by atoms with Crippen LogP contribution in [0, 0.1) is 0 Å². The second kappa shape index (κ2) is 8.23. The summed E-state index contributed by atoms with van der Waals surface area (Å²) in [6.45, 7) is 1.70. The molecule has 0 atom stereocenters. The highest BCUT2D eigenvalue weighted by Gasteiger charge is 2.35. The second-order valence-corrected chi connectivity index (χ2v) is 6.40. The van der Waals surface area contributed by atoms with E-state index < -0.39 is 5.54 Å². The molecule has 1 heterocycles. The molecule has 2 amide bonds. The molecule has 0 unspecified atom stereocenters. The Labute approximate surface area is 142 Å². The fourth-order valence-corrected chi connectivity index (χ4v) is 2.40. The van der Waals surface area contributed by atoms with E-state index in [1.165, 1.54) is 0 Å². The van der Waals surface area contributed by atoms with Gasteiger partial charge in [0.15, 0.2) is 0 Å². The molecule has 0 aromatic heterocycles. The van der Waals surface area contributed by atoms with Gasteiger partial charge in [-0.25, -0.2) is 0 Å². The largest absolute Gasteiger partial charge is 0.381 e. The minimum absolute atomic E-state index is 0.0383. The molecular formula is C17H26N4O3. The first kappa shape index (κ1) is 18.4. The molecule has 0 aliphatic carbocycles. The second-order valence-electron chi connectivity index (χ2n) is 6.40. The third kappa shape index (κ3) is 5.30. The predicted octanol–water partition coefficient (Wildman–Crippen LogP) is 1.02. The first-order valence-electron chi connectivity index (χ1n) is 8.12. The maximum absolute atomic E-state index is 12.3. The van der Waals surface area contributed by atoms with Gasteiger partial charge in [0.25, 0.3) is 0 Å². The lowest BCUT2D eigenvalue weighted by atomic mass is 9.90. The van der Waals surface area contributed by atoms with E-state index in [9.17, 15) is 9.59 Å². The molecule has 2 rings (SSSR count). The average Bonchev–Trinajstić information content (AvgIpc) is 2.55. The van der Waals surface area contributed by atoms with Gasteiger partial charge in [0.1, 0.15) is 5.54 Å². The maximum atomic E-state index is 12.3. The third-order valence-corrected chi connectivity index (χ3v) is 4.05. The van der Waals surface area contributed by atoms with Crippen LogP contribution >= 0.6 is 0 Å². The lowest BCUT2D eigenvalue weighted by molar-refractivity contribution is -0.124. The highest BCUT2D eigenvalue weighted by atomic mass is 16.5. The zero-order valence-electron chi connectivity index (χ0n) is 14.3. The summed E-state index contributed by atoms with van der Waals surface area (Å²) in [4.78, 5) is 26.1. The Kier molecular flexibility index (Phi) is 6.30. The van der Waals surface area contributed by atoms with Crippen molar-refractivity contribution >= 4 is 23.2 Å². The Bertz CT molecular complexity index is 566. The van der Waals surface area contributed by atoms with Crippen LogP contribution in [0.3, 0.4) is 0 Å². The number of amides is 2. The summed E-state index contributed by atoms with van der Waals surface area (Å²) in [6, 6.07) is 7.02. The summed E-state index contributed by atoms with van der Waals surface area (Å²) in [5, 5.41) is 5.66. The van der Waals surface area contributed by atoms with Gasteiger partial charge in [0.05, 0.1) is 0 Å². The van der Waals surface area contributed by atoms with Crippen LogP contribution in [0.1, 0.15) is 19.3 Å². The summed E-state index contributed by atoms with van der Waals surface area (Å²) in [6.07, 6.45) is 1.46. The highest BCUT2D eigenvalue weighted by molar-refractivity contribution is 5.98. The fourth-order valence-electron chi connectivity index (χ4n) is 2.40. The number of anilines is 2. The molecule has 1 aromatic rings. The molecule has 0 spiro atoms. The molecule has 0 saturated carbocycles. The summed E-state index contributed by atoms with van der Waals surface area (Å²) >= 11 is 0. The minimum Gasteiger partial charge on any atom is -0.381 e. The average molecular weight is 334 g/mol. The standard InChI is InChI=1S/C17H26N4O3/c1-21(2)10-7-15(22)19-13-3-5-14(6-4-13)20-16(23)17(18)8-11-24-12-9-17/h3-6H,7-12,18H2,1-2H3,(H,19,22)(H,20,23). The zero-order chi connectivity index (χ0) is 17.6. The number of hydrogen-bond acceptors (Lipinski definition) is 5. The number of benzene rings is 1. The highest BCUT2D eigenvalue weighted by Crippen LogP contribution is 2.21. The maximum Gasteiger partial charge on any atom is 0.244 e. The number of nitrogens with one attached hydrogen (secondary N) is 2. The van der Waals surface area contributed by atoms with Crippen molar-refractivity contribution in [2.24, 2.45) is 5.73 Å². The fraction of sp³-hybridized carbons (Fsp3) is 0.529. The van der Waals surface area contributed by atoms with Crippen molar-refractivity contribution in [3.63, 3.8) is 0 Å². The van der Waals surface area contributed by atoms with E-state index in [-0.39, 0.29) is 11.8 Å². The topological polar surface area (TPSA) is 96.7 Å². The predicted molar refractivity (Wildman–Crippen MR) is 93.8 cm³/mol. The Morgan fingerprint density at radius 3 is 2.21 bits per heavy atom. The van der Waals surface area contributed by atoms with Crippen LogP contribution in [-0.2, 0) is 14.3 Å². The van der Waals surface area contributed by atoms with Gasteiger partial charge in [-0.05, 0) is 51.2 Å². The SMILES string of the molecule is CN(C)CCC(=O)Nc1ccc(NC(=O)C2(N)CCOCC2)cc1. The Balaban J connectivity index is 1.87. The van der Waals surface area contributed by atoms with Gasteiger partial charge in [-0.3, -0.25) is 9.59 Å². The zero-order valence-corrected chi connectivity index (χ0v) is 14.3. The number of ether oxygens (including phenoxy) is 1. The van der Waals surface area contributed by atoms with Crippen molar-refractivity contribution < 1.29 is 14.3 Å². The van der Waals surface area contributed by atoms with Crippen LogP contribution in [0.25, 0.3) is 0 Å². The molecule has 7 heteroatoms. The molecule has 0 radical (unpaired) electrons. The van der Waals surface area contributed by atoms with Gasteiger partial charge >= 0.3 is 0 Å². The lowest BCUT2D eigenvalue weighted by Gasteiger charge is -2.31. The Morgan fingerprint density at radius 1 is 1.12 bits per heavy atom. The lowest BCUT2D eigenvalue weighted by Crippen LogP contribution is -2.54. The molecule has 1 saturated heterocycles. The molecule has 1 aromatic carbocycles. The molecule has 0 bridgehead atoms. The summed E-state index contributed by atoms with van der Waals surface area (Å²) in [5.74, 6) is -0.239. The van der Waals surface area contributed by atoms with Gasteiger partial charge in [-0.15, -0.1) is 0 Å². The normalized spacial score (nSPS) is 16.7. The molecular weight excluding hydrogens is 308 g/mol. The van der Waals surface area contributed by atoms with E-state index in [0.717, 1.165) is 0 Å². The quantitative estimate of drug-likeness (QED) is 0.722. The molecule has 7 nitrogen and oxygen atoms in total. The van der Waals surface area contributed by atoms with E-state index in [0.29, 0.717) is 50.4 Å². The smallest absolute Gasteiger partial charge is 0.244 e. The van der Waals surface area contributed by atoms with Crippen molar-refractivity contribution in [2.45, 2.75) is 24.8 Å². The van der Waals surface area contributed by atoms with Gasteiger partial charge in [-0.1, -0.05) is 0 Å². The molecule has 4 N–H and O–H groups in total. The minimum atomic E-state index is -0.878. The number of nitrogens with zero attached hydrogens (tertiary/aromatic N) is 1. The van der Waals surface area contributed by atoms with Crippen molar-refractivity contribution in [3.05, 3.63) is 24.3 Å². The third-order valence-electron chi connectivity index (χ3n) is 4.05. The first-order valence-corrected chi connectivity index (χ1v) is 8.12. The van der Waals surface area contributed by atoms with E-state index in [2.05, 4.69) is 10.6 Å². The summed E-state index contributed by atoms with van der Waals surface area (Å²) < 4.78 is 5.25. The van der Waals surface area contributed by atoms with Crippen molar-refractivity contribution in [2.75, 3.05) is 44.5 Å². The van der Waals surface area contributed by atoms with E-state index in [1.54, 1.807) is 24.3 Å². The summed E-state index contributed by atoms with van der Waals surface area (Å²) in [5.41, 5.74) is 6.63. The Hall–Kier alpha value is -1.96. The van der Waals surface area contributed by atoms with Crippen molar-refractivity contribution in [3.8, 4) is 0 Å². The number of rotatable bonds is 6. The van der Waals surface area contributed by atoms with Gasteiger partial charge in [0, 0.05) is 37.6 Å². The number of hydrogen-bond donors (Lipinski definition) is 3. The summed E-state index contributed by atoms with van der Waals surface area (Å²) in [7, 11) is 3.85. The molecule has 1 fully saturated rings. The Morgan fingerprint density at radius 2 is 1.67 bits per heavy atom. The van der Waals surface area contributed by atoms with Gasteiger partial charge < -0.3 is 26.0 Å². The molecule has 132 valence electrons. The van der Waals surface area contributed by atoms with Crippen molar-refractivity contribution in [1.29, 1.82) is 0 Å². The molecule has 1 aliphatic rings. The molecule has 1 aliphatic heterocycles. The van der Waals surface area contributed by atoms with Crippen LogP contribution in [0.5, 0.6) is 0 Å². The number of carbonyl (C=O) groups excluding carboxylic acids is 2. The number of carbonyl (C=O) groups is 2. The van der Waals surface area contributed by atoms with E-state index in [4.69, 9.17) is 10.5 Å². The first-order chi connectivity index (χ1) is 11.4. The number of nitrogens with two attached hydrogens (primary N) is 1. The van der Waals surface area contributed by atoms with Crippen LogP contribution in [0.15, 0.2) is 24.3 Å². The monoisotopic (exact) mass is 334 g/mol. The van der Waals surface area contributed by atoms with Crippen LogP contribution < -0.4 is 16.4 Å². The van der Waals surface area contributed by atoms with E-state index in [1.807, 2.05) is 19.0 Å². The van der Waals surface area contributed by atoms with Crippen LogP contribution in [0.4, 0.5) is 11.4 Å². The van der Waals surface area contributed by atoms with Gasteiger partial charge in [0.2, 0.25) is 11.8 Å². The van der Waals surface area contributed by atoms with Crippen molar-refractivity contribution in [1.82, 2.24) is 4.90 Å².